The second-order valence-electron chi connectivity index (χ2n) is 7.65. The summed E-state index contributed by atoms with van der Waals surface area (Å²) in [5.74, 6) is 0.0525. The summed E-state index contributed by atoms with van der Waals surface area (Å²) >= 11 is 1.64. The van der Waals surface area contributed by atoms with Crippen molar-refractivity contribution in [1.82, 2.24) is 14.1 Å². The lowest BCUT2D eigenvalue weighted by molar-refractivity contribution is -0.133. The Bertz CT molecular complexity index is 950. The summed E-state index contributed by atoms with van der Waals surface area (Å²) in [5.41, 5.74) is 1.69. The number of sulfonamides is 1. The number of aryl methyl sites for hydroxylation is 2. The lowest BCUT2D eigenvalue weighted by atomic mass is 10.2. The van der Waals surface area contributed by atoms with Gasteiger partial charge in [-0.15, -0.1) is 11.3 Å². The van der Waals surface area contributed by atoms with Crippen molar-refractivity contribution in [1.29, 1.82) is 0 Å². The van der Waals surface area contributed by atoms with E-state index in [0.29, 0.717) is 37.6 Å². The molecule has 0 aliphatic carbocycles. The van der Waals surface area contributed by atoms with Crippen LogP contribution < -0.4 is 0 Å². The Hall–Kier alpha value is -1.74. The fraction of sp³-hybridized carbons (Fsp3) is 0.476. The summed E-state index contributed by atoms with van der Waals surface area (Å²) in [6.45, 7) is 7.96. The number of thiophene rings is 1. The predicted octanol–water partition coefficient (Wildman–Crippen LogP) is 2.89. The van der Waals surface area contributed by atoms with Gasteiger partial charge in [-0.1, -0.05) is 18.2 Å². The monoisotopic (exact) mass is 435 g/mol. The molecule has 1 aliphatic rings. The summed E-state index contributed by atoms with van der Waals surface area (Å²) in [7, 11) is -1.69. The van der Waals surface area contributed by atoms with Crippen LogP contribution in [-0.2, 0) is 14.8 Å². The van der Waals surface area contributed by atoms with Crippen molar-refractivity contribution >= 4 is 27.3 Å². The molecule has 0 radical (unpaired) electrons. The number of carbonyl (C=O) groups excluding carboxylic acids is 1. The first-order valence-electron chi connectivity index (χ1n) is 9.79. The van der Waals surface area contributed by atoms with E-state index in [1.165, 1.54) is 4.31 Å². The number of rotatable bonds is 6. The van der Waals surface area contributed by atoms with E-state index in [2.05, 4.69) is 0 Å². The van der Waals surface area contributed by atoms with Gasteiger partial charge in [0.25, 0.3) is 0 Å². The van der Waals surface area contributed by atoms with Crippen LogP contribution in [0.4, 0.5) is 0 Å². The van der Waals surface area contributed by atoms with Gasteiger partial charge in [-0.2, -0.15) is 4.31 Å². The molecule has 2 aromatic rings. The van der Waals surface area contributed by atoms with Crippen molar-refractivity contribution < 1.29 is 13.2 Å². The Morgan fingerprint density at radius 3 is 2.48 bits per heavy atom. The molecule has 8 heteroatoms. The van der Waals surface area contributed by atoms with Crippen molar-refractivity contribution in [2.24, 2.45) is 0 Å². The second kappa shape index (κ2) is 8.95. The van der Waals surface area contributed by atoms with Gasteiger partial charge < -0.3 is 4.90 Å². The summed E-state index contributed by atoms with van der Waals surface area (Å²) in [5, 5.41) is 2.01. The van der Waals surface area contributed by atoms with Gasteiger partial charge in [0.05, 0.1) is 17.5 Å². The lowest BCUT2D eigenvalue weighted by Gasteiger charge is -2.35. The third kappa shape index (κ3) is 4.88. The second-order valence-corrected chi connectivity index (χ2v) is 10.5. The molecule has 1 unspecified atom stereocenters. The molecule has 1 saturated heterocycles. The molecule has 6 nitrogen and oxygen atoms in total. The smallest absolute Gasteiger partial charge is 0.243 e. The van der Waals surface area contributed by atoms with Crippen molar-refractivity contribution in [2.45, 2.75) is 31.7 Å². The van der Waals surface area contributed by atoms with E-state index in [-0.39, 0.29) is 11.9 Å². The molecular weight excluding hydrogens is 406 g/mol. The third-order valence-electron chi connectivity index (χ3n) is 5.58. The topological polar surface area (TPSA) is 60.9 Å². The van der Waals surface area contributed by atoms with Crippen LogP contribution in [0.2, 0.25) is 0 Å². The van der Waals surface area contributed by atoms with E-state index in [9.17, 15) is 13.2 Å². The van der Waals surface area contributed by atoms with Crippen LogP contribution in [0, 0.1) is 13.8 Å². The Kier molecular flexibility index (Phi) is 6.78. The number of nitrogens with zero attached hydrogens (tertiary/aromatic N) is 3. The van der Waals surface area contributed by atoms with Crippen LogP contribution in [-0.4, -0.2) is 68.2 Å². The van der Waals surface area contributed by atoms with Crippen molar-refractivity contribution in [3.8, 4) is 0 Å². The SMILES string of the molecule is Cc1ccc(C)c(S(=O)(=O)N2CCN(CC(=O)N(C)C(C)c3cccs3)CC2)c1. The van der Waals surface area contributed by atoms with Crippen LogP contribution in [0.5, 0.6) is 0 Å². The lowest BCUT2D eigenvalue weighted by Crippen LogP contribution is -2.51. The van der Waals surface area contributed by atoms with Gasteiger partial charge in [-0.25, -0.2) is 8.42 Å². The summed E-state index contributed by atoms with van der Waals surface area (Å²) in [4.78, 5) is 18.0. The highest BCUT2D eigenvalue weighted by Crippen LogP contribution is 2.24. The molecule has 1 amide bonds. The van der Waals surface area contributed by atoms with Crippen LogP contribution in [0.15, 0.2) is 40.6 Å². The Morgan fingerprint density at radius 2 is 1.86 bits per heavy atom. The molecule has 1 aromatic carbocycles. The molecule has 0 spiro atoms. The number of carbonyl (C=O) groups is 1. The fourth-order valence-corrected chi connectivity index (χ4v) is 6.05. The highest BCUT2D eigenvalue weighted by Gasteiger charge is 2.31. The Balaban J connectivity index is 1.59. The van der Waals surface area contributed by atoms with E-state index in [0.717, 1.165) is 16.0 Å². The zero-order chi connectivity index (χ0) is 21.2. The zero-order valence-corrected chi connectivity index (χ0v) is 19.1. The van der Waals surface area contributed by atoms with Gasteiger partial charge in [0.2, 0.25) is 15.9 Å². The highest BCUT2D eigenvalue weighted by atomic mass is 32.2. The maximum absolute atomic E-state index is 13.1. The molecule has 0 bridgehead atoms. The molecule has 1 atom stereocenters. The van der Waals surface area contributed by atoms with E-state index in [4.69, 9.17) is 0 Å². The largest absolute Gasteiger partial charge is 0.337 e. The number of piperazine rings is 1. The van der Waals surface area contributed by atoms with E-state index < -0.39 is 10.0 Å². The third-order valence-corrected chi connectivity index (χ3v) is 8.66. The van der Waals surface area contributed by atoms with Crippen LogP contribution in [0.1, 0.15) is 29.0 Å². The number of likely N-dealkylation sites (N-methyl/N-ethyl adjacent to an activating group) is 1. The minimum absolute atomic E-state index is 0.0356. The molecule has 29 heavy (non-hydrogen) atoms. The van der Waals surface area contributed by atoms with Gasteiger partial charge in [-0.3, -0.25) is 9.69 Å². The number of amides is 1. The highest BCUT2D eigenvalue weighted by molar-refractivity contribution is 7.89. The minimum Gasteiger partial charge on any atom is -0.337 e. The van der Waals surface area contributed by atoms with Crippen LogP contribution in [0.3, 0.4) is 0 Å². The fourth-order valence-electron chi connectivity index (χ4n) is 3.49. The maximum Gasteiger partial charge on any atom is 0.243 e. The molecule has 0 saturated carbocycles. The maximum atomic E-state index is 13.1. The standard InChI is InChI=1S/C21H29N3O3S2/c1-16-7-8-17(2)20(14-16)29(26,27)24-11-9-23(10-12-24)15-21(25)22(4)18(3)19-6-5-13-28-19/h5-8,13-14,18H,9-12,15H2,1-4H3. The van der Waals surface area contributed by atoms with Gasteiger partial charge in [-0.05, 0) is 49.4 Å². The summed E-state index contributed by atoms with van der Waals surface area (Å²) in [6, 6.07) is 9.57. The molecule has 1 aromatic heterocycles. The minimum atomic E-state index is -3.51. The number of hydrogen-bond donors (Lipinski definition) is 0. The molecule has 3 rings (SSSR count). The predicted molar refractivity (Wildman–Crippen MR) is 117 cm³/mol. The van der Waals surface area contributed by atoms with E-state index in [1.807, 2.05) is 62.4 Å². The first kappa shape index (κ1) is 22.0. The first-order valence-corrected chi connectivity index (χ1v) is 12.1. The summed E-state index contributed by atoms with van der Waals surface area (Å²) in [6.07, 6.45) is 0. The molecule has 0 N–H and O–H groups in total. The Morgan fingerprint density at radius 1 is 1.17 bits per heavy atom. The van der Waals surface area contributed by atoms with Crippen LogP contribution in [0.25, 0.3) is 0 Å². The van der Waals surface area contributed by atoms with Crippen molar-refractivity contribution in [3.05, 3.63) is 51.7 Å². The van der Waals surface area contributed by atoms with Gasteiger partial charge in [0.15, 0.2) is 0 Å². The number of benzene rings is 1. The quantitative estimate of drug-likeness (QED) is 0.700. The summed E-state index contributed by atoms with van der Waals surface area (Å²) < 4.78 is 27.6. The zero-order valence-electron chi connectivity index (χ0n) is 17.5. The van der Waals surface area contributed by atoms with Crippen LogP contribution >= 0.6 is 11.3 Å². The van der Waals surface area contributed by atoms with Crippen molar-refractivity contribution in [2.75, 3.05) is 39.8 Å². The molecule has 158 valence electrons. The van der Waals surface area contributed by atoms with Crippen molar-refractivity contribution in [3.63, 3.8) is 0 Å². The Labute approximate surface area is 177 Å². The first-order chi connectivity index (χ1) is 13.7. The van der Waals surface area contributed by atoms with Gasteiger partial charge in [0, 0.05) is 38.1 Å². The van der Waals surface area contributed by atoms with Gasteiger partial charge >= 0.3 is 0 Å². The normalized spacial score (nSPS) is 17.2. The van der Waals surface area contributed by atoms with E-state index in [1.54, 1.807) is 22.3 Å². The molecular formula is C21H29N3O3S2. The van der Waals surface area contributed by atoms with Gasteiger partial charge in [0.1, 0.15) is 0 Å². The number of hydrogen-bond acceptors (Lipinski definition) is 5. The average Bonchev–Trinajstić information content (AvgIpc) is 3.23. The average molecular weight is 436 g/mol. The molecule has 1 aliphatic heterocycles. The molecule has 1 fully saturated rings. The van der Waals surface area contributed by atoms with E-state index >= 15 is 0 Å². The molecule has 2 heterocycles.